The first kappa shape index (κ1) is 16.3. The Morgan fingerprint density at radius 2 is 1.70 bits per heavy atom. The number of anilines is 2. The zero-order valence-corrected chi connectivity index (χ0v) is 15.2. The van der Waals surface area contributed by atoms with E-state index in [-0.39, 0.29) is 0 Å². The molecule has 0 N–H and O–H groups in total. The molecule has 0 bridgehead atoms. The number of rotatable bonds is 3. The number of nitrogens with zero attached hydrogens (tertiary/aromatic N) is 5. The highest BCUT2D eigenvalue weighted by atomic mass is 35.5. The lowest BCUT2D eigenvalue weighted by atomic mass is 10.2. The van der Waals surface area contributed by atoms with E-state index in [2.05, 4.69) is 26.7 Å². The molecule has 1 aliphatic heterocycles. The number of hydrogen-bond donors (Lipinski definition) is 0. The molecule has 7 heteroatoms. The minimum Gasteiger partial charge on any atom is -0.353 e. The van der Waals surface area contributed by atoms with Crippen LogP contribution in [0.4, 0.5) is 11.6 Å². The third-order valence-electron chi connectivity index (χ3n) is 4.14. The lowest BCUT2D eigenvalue weighted by Gasteiger charge is -2.37. The van der Waals surface area contributed by atoms with E-state index in [0.29, 0.717) is 5.02 Å². The van der Waals surface area contributed by atoms with Crippen LogP contribution in [0.25, 0.3) is 0 Å². The first-order chi connectivity index (χ1) is 11.1. The summed E-state index contributed by atoms with van der Waals surface area (Å²) in [5, 5.41) is 1.54. The minimum atomic E-state index is 0.708. The van der Waals surface area contributed by atoms with Gasteiger partial charge in [-0.15, -0.1) is 0 Å². The lowest BCUT2D eigenvalue weighted by Crippen LogP contribution is -2.47. The van der Waals surface area contributed by atoms with Crippen molar-refractivity contribution >= 4 is 35.0 Å². The molecule has 1 aliphatic rings. The Labute approximate surface area is 146 Å². The highest BCUT2D eigenvalue weighted by Gasteiger charge is 2.22. The number of piperazine rings is 1. The Hall–Kier alpha value is -1.53. The number of thioether (sulfide) groups is 1. The Morgan fingerprint density at radius 1 is 1.04 bits per heavy atom. The third kappa shape index (κ3) is 3.38. The van der Waals surface area contributed by atoms with Crippen molar-refractivity contribution in [3.05, 3.63) is 34.6 Å². The quantitative estimate of drug-likeness (QED) is 0.626. The summed E-state index contributed by atoms with van der Waals surface area (Å²) >= 11 is 7.84. The van der Waals surface area contributed by atoms with Gasteiger partial charge in [0.2, 0.25) is 0 Å². The largest absolute Gasteiger partial charge is 0.353 e. The monoisotopic (exact) mass is 349 g/mol. The van der Waals surface area contributed by atoms with E-state index in [1.807, 2.05) is 25.3 Å². The fourth-order valence-corrected chi connectivity index (χ4v) is 3.37. The van der Waals surface area contributed by atoms with E-state index < -0.39 is 0 Å². The van der Waals surface area contributed by atoms with Crippen LogP contribution in [0.3, 0.4) is 0 Å². The van der Waals surface area contributed by atoms with Crippen LogP contribution in [-0.4, -0.2) is 47.4 Å². The van der Waals surface area contributed by atoms with Crippen LogP contribution in [0.15, 0.2) is 23.5 Å². The first-order valence-corrected chi connectivity index (χ1v) is 9.20. The van der Waals surface area contributed by atoms with Crippen molar-refractivity contribution in [3.63, 3.8) is 0 Å². The van der Waals surface area contributed by atoms with Gasteiger partial charge in [-0.05, 0) is 32.2 Å². The number of hydrogen-bond acceptors (Lipinski definition) is 6. The van der Waals surface area contributed by atoms with Crippen molar-refractivity contribution in [2.45, 2.75) is 19.0 Å². The first-order valence-electron chi connectivity index (χ1n) is 7.60. The number of aromatic nitrogens is 3. The van der Waals surface area contributed by atoms with E-state index >= 15 is 0 Å². The number of aryl methyl sites for hydroxylation is 1. The minimum absolute atomic E-state index is 0.708. The molecule has 3 heterocycles. The fourth-order valence-electron chi connectivity index (χ4n) is 2.73. The summed E-state index contributed by atoms with van der Waals surface area (Å²) in [6.07, 6.45) is 3.80. The molecule has 122 valence electrons. The van der Waals surface area contributed by atoms with E-state index in [9.17, 15) is 0 Å². The molecule has 1 fully saturated rings. The van der Waals surface area contributed by atoms with Gasteiger partial charge in [0.25, 0.3) is 0 Å². The Bertz CT molecular complexity index is 701. The predicted molar refractivity (Wildman–Crippen MR) is 97.0 cm³/mol. The summed E-state index contributed by atoms with van der Waals surface area (Å²) in [5.74, 6) is 1.92. The molecule has 2 aromatic heterocycles. The highest BCUT2D eigenvalue weighted by molar-refractivity contribution is 7.98. The summed E-state index contributed by atoms with van der Waals surface area (Å²) in [4.78, 5) is 18.2. The summed E-state index contributed by atoms with van der Waals surface area (Å²) in [6.45, 7) is 7.71. The van der Waals surface area contributed by atoms with Crippen molar-refractivity contribution < 1.29 is 0 Å². The summed E-state index contributed by atoms with van der Waals surface area (Å²) in [6, 6.07) is 3.75. The topological polar surface area (TPSA) is 45.2 Å². The van der Waals surface area contributed by atoms with Crippen LogP contribution in [0.2, 0.25) is 5.02 Å². The summed E-state index contributed by atoms with van der Waals surface area (Å²) in [7, 11) is 0. The van der Waals surface area contributed by atoms with Crippen molar-refractivity contribution in [3.8, 4) is 0 Å². The lowest BCUT2D eigenvalue weighted by molar-refractivity contribution is 0.635. The average Bonchev–Trinajstić information content (AvgIpc) is 2.58. The molecular formula is C16H20ClN5S. The van der Waals surface area contributed by atoms with Crippen LogP contribution >= 0.6 is 23.4 Å². The number of halogens is 1. The van der Waals surface area contributed by atoms with Crippen molar-refractivity contribution in [1.82, 2.24) is 15.0 Å². The van der Waals surface area contributed by atoms with Gasteiger partial charge in [-0.3, -0.25) is 0 Å². The Morgan fingerprint density at radius 3 is 2.30 bits per heavy atom. The summed E-state index contributed by atoms with van der Waals surface area (Å²) < 4.78 is 0. The molecule has 0 aromatic carbocycles. The molecule has 0 unspecified atom stereocenters. The van der Waals surface area contributed by atoms with E-state index in [0.717, 1.165) is 54.2 Å². The van der Waals surface area contributed by atoms with Gasteiger partial charge < -0.3 is 9.80 Å². The van der Waals surface area contributed by atoms with Crippen LogP contribution in [-0.2, 0) is 0 Å². The van der Waals surface area contributed by atoms with Crippen molar-refractivity contribution in [1.29, 1.82) is 0 Å². The number of pyridine rings is 1. The molecule has 0 aliphatic carbocycles. The van der Waals surface area contributed by atoms with Crippen LogP contribution in [0, 0.1) is 13.8 Å². The molecule has 23 heavy (non-hydrogen) atoms. The van der Waals surface area contributed by atoms with Gasteiger partial charge in [-0.25, -0.2) is 15.0 Å². The smallest absolute Gasteiger partial charge is 0.189 e. The summed E-state index contributed by atoms with van der Waals surface area (Å²) in [5.41, 5.74) is 2.21. The molecule has 0 amide bonds. The van der Waals surface area contributed by atoms with Gasteiger partial charge in [-0.2, -0.15) is 0 Å². The maximum atomic E-state index is 6.26. The fraction of sp³-hybridized carbons (Fsp3) is 0.438. The Kier molecular flexibility index (Phi) is 4.92. The maximum absolute atomic E-state index is 6.26. The van der Waals surface area contributed by atoms with Crippen LogP contribution < -0.4 is 9.80 Å². The van der Waals surface area contributed by atoms with Gasteiger partial charge in [-0.1, -0.05) is 23.4 Å². The van der Waals surface area contributed by atoms with E-state index in [1.165, 1.54) is 0 Å². The van der Waals surface area contributed by atoms with Crippen LogP contribution in [0.1, 0.15) is 11.3 Å². The van der Waals surface area contributed by atoms with Gasteiger partial charge in [0, 0.05) is 43.6 Å². The van der Waals surface area contributed by atoms with Gasteiger partial charge in [0.15, 0.2) is 5.16 Å². The zero-order chi connectivity index (χ0) is 16.4. The second-order valence-electron chi connectivity index (χ2n) is 5.53. The third-order valence-corrected chi connectivity index (χ3v) is 4.99. The molecule has 0 radical (unpaired) electrons. The molecule has 2 aromatic rings. The van der Waals surface area contributed by atoms with Gasteiger partial charge in [0.05, 0.1) is 5.02 Å². The SMILES string of the molecule is CSc1nc(C)c(C)c(N2CCN(c3ncccc3Cl)CC2)n1. The zero-order valence-electron chi connectivity index (χ0n) is 13.6. The standard InChI is InChI=1S/C16H20ClN5S/c1-11-12(2)19-16(23-3)20-14(11)21-7-9-22(10-8-21)15-13(17)5-4-6-18-15/h4-6H,7-10H2,1-3H3. The highest BCUT2D eigenvalue weighted by Crippen LogP contribution is 2.27. The van der Waals surface area contributed by atoms with Gasteiger partial charge >= 0.3 is 0 Å². The second-order valence-corrected chi connectivity index (χ2v) is 6.71. The molecule has 5 nitrogen and oxygen atoms in total. The van der Waals surface area contributed by atoms with E-state index in [4.69, 9.17) is 16.6 Å². The van der Waals surface area contributed by atoms with Crippen LogP contribution in [0.5, 0.6) is 0 Å². The molecule has 0 atom stereocenters. The normalized spacial score (nSPS) is 15.1. The molecule has 1 saturated heterocycles. The maximum Gasteiger partial charge on any atom is 0.189 e. The van der Waals surface area contributed by atoms with Gasteiger partial charge in [0.1, 0.15) is 11.6 Å². The van der Waals surface area contributed by atoms with Crippen molar-refractivity contribution in [2.75, 3.05) is 42.2 Å². The van der Waals surface area contributed by atoms with E-state index in [1.54, 1.807) is 18.0 Å². The molecular weight excluding hydrogens is 330 g/mol. The molecule has 3 rings (SSSR count). The predicted octanol–water partition coefficient (Wildman–Crippen LogP) is 3.19. The Balaban J connectivity index is 1.77. The molecule has 0 spiro atoms. The average molecular weight is 350 g/mol. The molecule has 0 saturated carbocycles. The second kappa shape index (κ2) is 6.93. The van der Waals surface area contributed by atoms with Crippen molar-refractivity contribution in [2.24, 2.45) is 0 Å².